The number of carbonyl (C=O) groups excluding carboxylic acids is 1. The fourth-order valence-electron chi connectivity index (χ4n) is 6.10. The van der Waals surface area contributed by atoms with Crippen molar-refractivity contribution >= 4 is 16.9 Å². The van der Waals surface area contributed by atoms with Crippen LogP contribution in [0.15, 0.2) is 48.5 Å². The van der Waals surface area contributed by atoms with Crippen LogP contribution >= 0.6 is 0 Å². The summed E-state index contributed by atoms with van der Waals surface area (Å²) in [6, 6.07) is 15.9. The molecule has 0 aliphatic heterocycles. The van der Waals surface area contributed by atoms with Crippen LogP contribution in [0.4, 0.5) is 0 Å². The van der Waals surface area contributed by atoms with Crippen LogP contribution in [0.3, 0.4) is 0 Å². The van der Waals surface area contributed by atoms with Crippen LogP contribution in [0.1, 0.15) is 145 Å². The van der Waals surface area contributed by atoms with Gasteiger partial charge in [-0.15, -0.1) is 0 Å². The van der Waals surface area contributed by atoms with E-state index in [0.717, 1.165) is 37.7 Å². The molecule has 0 spiro atoms. The van der Waals surface area contributed by atoms with Gasteiger partial charge in [-0.3, -0.25) is 4.79 Å². The lowest BCUT2D eigenvalue weighted by Gasteiger charge is -2.10. The van der Waals surface area contributed by atoms with Gasteiger partial charge in [0.05, 0.1) is 23.7 Å². The Morgan fingerprint density at radius 2 is 1.26 bits per heavy atom. The molecule has 2 aromatic carbocycles. The van der Waals surface area contributed by atoms with Gasteiger partial charge in [-0.1, -0.05) is 134 Å². The van der Waals surface area contributed by atoms with Gasteiger partial charge in [-0.05, 0) is 43.5 Å². The van der Waals surface area contributed by atoms with Gasteiger partial charge in [0.15, 0.2) is 0 Å². The summed E-state index contributed by atoms with van der Waals surface area (Å²) in [7, 11) is 1.60. The second-order valence-electron chi connectivity index (χ2n) is 12.2. The minimum Gasteiger partial charge on any atom is -0.496 e. The molecule has 0 aliphatic carbocycles. The van der Waals surface area contributed by atoms with Gasteiger partial charge >= 0.3 is 0 Å². The highest BCUT2D eigenvalue weighted by atomic mass is 16.5. The predicted octanol–water partition coefficient (Wildman–Crippen LogP) is 10.4. The van der Waals surface area contributed by atoms with Gasteiger partial charge < -0.3 is 14.6 Å². The monoisotopic (exact) mass is 589 g/mol. The number of imidazole rings is 1. The Bertz CT molecular complexity index is 1160. The van der Waals surface area contributed by atoms with E-state index in [2.05, 4.69) is 41.1 Å². The van der Waals surface area contributed by atoms with Crippen LogP contribution in [0, 0.1) is 0 Å². The van der Waals surface area contributed by atoms with E-state index in [1.807, 2.05) is 18.2 Å². The van der Waals surface area contributed by atoms with Crippen LogP contribution in [0.25, 0.3) is 11.0 Å². The molecule has 1 aromatic heterocycles. The van der Waals surface area contributed by atoms with Crippen LogP contribution in [0.5, 0.6) is 5.75 Å². The maximum atomic E-state index is 12.5. The lowest BCUT2D eigenvalue weighted by atomic mass is 10.0. The van der Waals surface area contributed by atoms with Gasteiger partial charge in [0, 0.05) is 19.5 Å². The molecule has 0 saturated carbocycles. The second-order valence-corrected chi connectivity index (χ2v) is 12.2. The summed E-state index contributed by atoms with van der Waals surface area (Å²) in [5.74, 6) is 1.75. The first kappa shape index (κ1) is 34.7. The number of benzene rings is 2. The number of rotatable bonds is 25. The molecule has 238 valence electrons. The SMILES string of the molecule is CCCCCCCCCCCCCCCCCCn1c(CCCCCNC(=O)c2ccccc2OC)nc2ccccc21. The lowest BCUT2D eigenvalue weighted by Crippen LogP contribution is -2.24. The van der Waals surface area contributed by atoms with Crippen molar-refractivity contribution in [2.75, 3.05) is 13.7 Å². The van der Waals surface area contributed by atoms with E-state index in [4.69, 9.17) is 9.72 Å². The number of amides is 1. The molecule has 1 amide bonds. The molecule has 5 heteroatoms. The Hall–Kier alpha value is -2.82. The summed E-state index contributed by atoms with van der Waals surface area (Å²) in [6.07, 6.45) is 26.4. The molecular weight excluding hydrogens is 530 g/mol. The first-order valence-corrected chi connectivity index (χ1v) is 17.6. The Balaban J connectivity index is 1.26. The first-order chi connectivity index (χ1) is 21.2. The lowest BCUT2D eigenvalue weighted by molar-refractivity contribution is 0.0950. The fraction of sp³-hybridized carbons (Fsp3) is 0.632. The van der Waals surface area contributed by atoms with Crippen LogP contribution in [-0.2, 0) is 13.0 Å². The number of methoxy groups -OCH3 is 1. The summed E-state index contributed by atoms with van der Waals surface area (Å²) in [5.41, 5.74) is 2.97. The van der Waals surface area contributed by atoms with Crippen molar-refractivity contribution in [2.45, 2.75) is 142 Å². The molecule has 0 radical (unpaired) electrons. The Morgan fingerprint density at radius 3 is 1.91 bits per heavy atom. The van der Waals surface area contributed by atoms with E-state index < -0.39 is 0 Å². The zero-order valence-corrected chi connectivity index (χ0v) is 27.4. The number of aryl methyl sites for hydroxylation is 2. The molecule has 1 heterocycles. The minimum absolute atomic E-state index is 0.0713. The van der Waals surface area contributed by atoms with Crippen molar-refractivity contribution in [3.63, 3.8) is 0 Å². The first-order valence-electron chi connectivity index (χ1n) is 17.6. The van der Waals surface area contributed by atoms with E-state index >= 15 is 0 Å². The highest BCUT2D eigenvalue weighted by Crippen LogP contribution is 2.20. The number of carbonyl (C=O) groups is 1. The second kappa shape index (κ2) is 21.8. The fourth-order valence-corrected chi connectivity index (χ4v) is 6.10. The summed E-state index contributed by atoms with van der Waals surface area (Å²) >= 11 is 0. The molecule has 43 heavy (non-hydrogen) atoms. The summed E-state index contributed by atoms with van der Waals surface area (Å²) in [4.78, 5) is 17.5. The van der Waals surface area contributed by atoms with Crippen LogP contribution in [-0.4, -0.2) is 29.1 Å². The predicted molar refractivity (Wildman–Crippen MR) is 182 cm³/mol. The average molecular weight is 590 g/mol. The standard InChI is InChI=1S/C38H59N3O2/c1-3-4-5-6-7-8-9-10-11-12-13-14-15-16-17-25-32-41-35-28-22-21-27-34(35)40-37(41)30-19-18-24-31-39-38(42)33-26-20-23-29-36(33)43-2/h20-23,26-29H,3-19,24-25,30-32H2,1-2H3,(H,39,42). The van der Waals surface area contributed by atoms with Gasteiger partial charge in [-0.25, -0.2) is 4.98 Å². The van der Waals surface area contributed by atoms with E-state index in [-0.39, 0.29) is 5.91 Å². The Kier molecular flexibility index (Phi) is 17.6. The molecule has 3 aromatic rings. The third-order valence-corrected chi connectivity index (χ3v) is 8.68. The highest BCUT2D eigenvalue weighted by molar-refractivity contribution is 5.96. The summed E-state index contributed by atoms with van der Waals surface area (Å²) in [6.45, 7) is 4.02. The number of hydrogen-bond acceptors (Lipinski definition) is 3. The number of fused-ring (bicyclic) bond motifs is 1. The number of nitrogens with one attached hydrogen (secondary N) is 1. The topological polar surface area (TPSA) is 56.2 Å². The molecule has 0 atom stereocenters. The summed E-state index contributed by atoms with van der Waals surface area (Å²) in [5, 5.41) is 3.04. The maximum absolute atomic E-state index is 12.5. The average Bonchev–Trinajstić information content (AvgIpc) is 3.39. The highest BCUT2D eigenvalue weighted by Gasteiger charge is 2.12. The number of nitrogens with zero attached hydrogens (tertiary/aromatic N) is 2. The number of para-hydroxylation sites is 3. The van der Waals surface area contributed by atoms with Crippen molar-refractivity contribution in [2.24, 2.45) is 0 Å². The van der Waals surface area contributed by atoms with Gasteiger partial charge in [0.2, 0.25) is 0 Å². The number of hydrogen-bond donors (Lipinski definition) is 1. The van der Waals surface area contributed by atoms with E-state index in [9.17, 15) is 4.79 Å². The largest absolute Gasteiger partial charge is 0.496 e. The number of ether oxygens (including phenoxy) is 1. The van der Waals surface area contributed by atoms with Gasteiger partial charge in [0.25, 0.3) is 5.91 Å². The smallest absolute Gasteiger partial charge is 0.255 e. The number of aromatic nitrogens is 2. The molecule has 0 unspecified atom stereocenters. The van der Waals surface area contributed by atoms with Crippen molar-refractivity contribution in [1.82, 2.24) is 14.9 Å². The Morgan fingerprint density at radius 1 is 0.698 bits per heavy atom. The van der Waals surface area contributed by atoms with Crippen molar-refractivity contribution < 1.29 is 9.53 Å². The third kappa shape index (κ3) is 13.1. The zero-order chi connectivity index (χ0) is 30.4. The minimum atomic E-state index is -0.0713. The molecular formula is C38H59N3O2. The molecule has 0 fully saturated rings. The van der Waals surface area contributed by atoms with Crippen LogP contribution in [0.2, 0.25) is 0 Å². The van der Waals surface area contributed by atoms with E-state index in [0.29, 0.717) is 17.9 Å². The third-order valence-electron chi connectivity index (χ3n) is 8.68. The van der Waals surface area contributed by atoms with Crippen LogP contribution < -0.4 is 10.1 Å². The molecule has 0 saturated heterocycles. The zero-order valence-electron chi connectivity index (χ0n) is 27.4. The number of unbranched alkanes of at least 4 members (excludes halogenated alkanes) is 17. The van der Waals surface area contributed by atoms with Crippen molar-refractivity contribution in [3.8, 4) is 5.75 Å². The molecule has 0 bridgehead atoms. The van der Waals surface area contributed by atoms with E-state index in [1.54, 1.807) is 13.2 Å². The molecule has 5 nitrogen and oxygen atoms in total. The molecule has 3 rings (SSSR count). The maximum Gasteiger partial charge on any atom is 0.255 e. The van der Waals surface area contributed by atoms with Gasteiger partial charge in [-0.2, -0.15) is 0 Å². The van der Waals surface area contributed by atoms with Crippen molar-refractivity contribution in [1.29, 1.82) is 0 Å². The normalized spacial score (nSPS) is 11.3. The molecule has 0 aliphatic rings. The van der Waals surface area contributed by atoms with E-state index in [1.165, 1.54) is 114 Å². The summed E-state index contributed by atoms with van der Waals surface area (Å²) < 4.78 is 7.77. The Labute approximate surface area is 262 Å². The quantitative estimate of drug-likeness (QED) is 0.100. The van der Waals surface area contributed by atoms with Crippen molar-refractivity contribution in [3.05, 3.63) is 59.9 Å². The van der Waals surface area contributed by atoms with Gasteiger partial charge in [0.1, 0.15) is 11.6 Å². The molecule has 1 N–H and O–H groups in total.